The average Bonchev–Trinajstić information content (AvgIpc) is 1.87. The van der Waals surface area contributed by atoms with E-state index in [9.17, 15) is 0 Å². The smallest absolute Gasteiger partial charge is 0.334 e. The maximum absolute atomic E-state index is 5.15. The van der Waals surface area contributed by atoms with Crippen LogP contribution in [0, 0.1) is 0 Å². The molecule has 0 saturated heterocycles. The van der Waals surface area contributed by atoms with Crippen molar-refractivity contribution in [2.24, 2.45) is 0 Å². The standard InChI is InChI=1S/C5H14O2Si.H3P/c1-5-8(4,6-2)7-3;/h5H2,1-4H3;1H3. The van der Waals surface area contributed by atoms with E-state index < -0.39 is 8.56 Å². The molecule has 0 aliphatic heterocycles. The Morgan fingerprint density at radius 1 is 1.22 bits per heavy atom. The van der Waals surface area contributed by atoms with Gasteiger partial charge in [0.15, 0.2) is 0 Å². The third kappa shape index (κ3) is 4.04. The Balaban J connectivity index is 0. The molecule has 0 aromatic carbocycles. The molecule has 0 aromatic rings. The predicted octanol–water partition coefficient (Wildman–Crippen LogP) is 1.43. The highest BCUT2D eigenvalue weighted by molar-refractivity contribution is 6.92. The minimum atomic E-state index is -1.67. The van der Waals surface area contributed by atoms with Crippen LogP contribution in [-0.2, 0) is 8.85 Å². The van der Waals surface area contributed by atoms with E-state index in [0.29, 0.717) is 0 Å². The van der Waals surface area contributed by atoms with E-state index in [1.165, 1.54) is 0 Å². The van der Waals surface area contributed by atoms with Gasteiger partial charge in [0, 0.05) is 14.2 Å². The Morgan fingerprint density at radius 3 is 1.56 bits per heavy atom. The van der Waals surface area contributed by atoms with Crippen molar-refractivity contribution in [2.45, 2.75) is 19.5 Å². The van der Waals surface area contributed by atoms with Gasteiger partial charge in [-0.25, -0.2) is 0 Å². The molecule has 0 aliphatic rings. The first-order chi connectivity index (χ1) is 3.68. The second-order valence-corrected chi connectivity index (χ2v) is 5.69. The van der Waals surface area contributed by atoms with Crippen LogP contribution in [0.15, 0.2) is 0 Å². The molecule has 0 bridgehead atoms. The molecule has 0 rings (SSSR count). The van der Waals surface area contributed by atoms with Gasteiger partial charge in [0.2, 0.25) is 0 Å². The van der Waals surface area contributed by atoms with Crippen LogP contribution in [0.25, 0.3) is 0 Å². The largest absolute Gasteiger partial charge is 0.398 e. The van der Waals surface area contributed by atoms with Crippen LogP contribution in [0.1, 0.15) is 6.92 Å². The van der Waals surface area contributed by atoms with E-state index in [1.54, 1.807) is 14.2 Å². The number of hydrogen-bond donors (Lipinski definition) is 0. The van der Waals surface area contributed by atoms with Crippen molar-refractivity contribution in [1.82, 2.24) is 0 Å². The van der Waals surface area contributed by atoms with Crippen molar-refractivity contribution in [3.05, 3.63) is 0 Å². The molecular formula is C5H17O2PSi. The van der Waals surface area contributed by atoms with E-state index in [2.05, 4.69) is 6.92 Å². The highest BCUT2D eigenvalue weighted by Crippen LogP contribution is 2.08. The van der Waals surface area contributed by atoms with Crippen LogP contribution in [-0.4, -0.2) is 22.8 Å². The molecule has 0 amide bonds. The van der Waals surface area contributed by atoms with Gasteiger partial charge in [0.05, 0.1) is 0 Å². The van der Waals surface area contributed by atoms with E-state index in [1.807, 2.05) is 6.55 Å². The van der Waals surface area contributed by atoms with Gasteiger partial charge >= 0.3 is 8.56 Å². The Hall–Kier alpha value is 0.567. The Morgan fingerprint density at radius 2 is 1.56 bits per heavy atom. The van der Waals surface area contributed by atoms with Crippen LogP contribution in [0.4, 0.5) is 0 Å². The molecule has 0 heterocycles. The Kier molecular flexibility index (Phi) is 7.30. The quantitative estimate of drug-likeness (QED) is 0.469. The SMILES string of the molecule is CC[Si](C)(OC)OC.P. The van der Waals surface area contributed by atoms with Gasteiger partial charge in [0.1, 0.15) is 0 Å². The molecule has 0 radical (unpaired) electrons. The maximum atomic E-state index is 5.15. The number of rotatable bonds is 3. The van der Waals surface area contributed by atoms with Crippen LogP contribution in [0.2, 0.25) is 12.6 Å². The molecule has 0 aliphatic carbocycles. The summed E-state index contributed by atoms with van der Waals surface area (Å²) in [6.07, 6.45) is 0. The topological polar surface area (TPSA) is 18.5 Å². The van der Waals surface area contributed by atoms with Gasteiger partial charge in [-0.1, -0.05) is 6.92 Å². The van der Waals surface area contributed by atoms with Gasteiger partial charge in [-0.15, -0.1) is 0 Å². The molecule has 1 atom stereocenters. The van der Waals surface area contributed by atoms with Crippen molar-refractivity contribution in [3.63, 3.8) is 0 Å². The summed E-state index contributed by atoms with van der Waals surface area (Å²) < 4.78 is 10.3. The summed E-state index contributed by atoms with van der Waals surface area (Å²) in [6.45, 7) is 4.13. The first-order valence-corrected chi connectivity index (χ1v) is 5.31. The summed E-state index contributed by atoms with van der Waals surface area (Å²) in [7, 11) is 1.74. The zero-order chi connectivity index (χ0) is 6.62. The van der Waals surface area contributed by atoms with E-state index in [-0.39, 0.29) is 9.90 Å². The summed E-state index contributed by atoms with van der Waals surface area (Å²) in [6, 6.07) is 1.01. The maximum Gasteiger partial charge on any atom is 0.334 e. The van der Waals surface area contributed by atoms with Crippen LogP contribution in [0.5, 0.6) is 0 Å². The molecule has 0 saturated carbocycles. The van der Waals surface area contributed by atoms with Crippen LogP contribution < -0.4 is 0 Å². The Labute approximate surface area is 61.8 Å². The summed E-state index contributed by atoms with van der Waals surface area (Å²) in [5.74, 6) is 0. The summed E-state index contributed by atoms with van der Waals surface area (Å²) in [5.41, 5.74) is 0. The average molecular weight is 168 g/mol. The van der Waals surface area contributed by atoms with E-state index >= 15 is 0 Å². The van der Waals surface area contributed by atoms with Gasteiger partial charge in [-0.3, -0.25) is 0 Å². The first-order valence-electron chi connectivity index (χ1n) is 2.79. The normalized spacial score (nSPS) is 10.7. The molecule has 0 fully saturated rings. The van der Waals surface area contributed by atoms with Gasteiger partial charge in [-0.05, 0) is 12.6 Å². The lowest BCUT2D eigenvalue weighted by molar-refractivity contribution is 0.251. The molecule has 4 heteroatoms. The zero-order valence-corrected chi connectivity index (χ0v) is 9.14. The van der Waals surface area contributed by atoms with E-state index in [4.69, 9.17) is 8.85 Å². The van der Waals surface area contributed by atoms with Crippen molar-refractivity contribution >= 4 is 18.5 Å². The molecule has 9 heavy (non-hydrogen) atoms. The second-order valence-electron chi connectivity index (χ2n) is 1.90. The highest BCUT2D eigenvalue weighted by Gasteiger charge is 2.24. The minimum absolute atomic E-state index is 0. The molecule has 2 nitrogen and oxygen atoms in total. The zero-order valence-electron chi connectivity index (χ0n) is 6.73. The lowest BCUT2D eigenvalue weighted by Crippen LogP contribution is -2.34. The van der Waals surface area contributed by atoms with Gasteiger partial charge in [0.25, 0.3) is 0 Å². The predicted molar refractivity (Wildman–Crippen MR) is 47.2 cm³/mol. The number of hydrogen-bond acceptors (Lipinski definition) is 2. The second kappa shape index (κ2) is 5.36. The molecular weight excluding hydrogens is 151 g/mol. The Bertz CT molecular complexity index is 57.7. The fourth-order valence-corrected chi connectivity index (χ4v) is 1.12. The van der Waals surface area contributed by atoms with Crippen molar-refractivity contribution < 1.29 is 8.85 Å². The highest BCUT2D eigenvalue weighted by atomic mass is 31.0. The molecule has 0 aromatic heterocycles. The third-order valence-corrected chi connectivity index (χ3v) is 4.52. The fourth-order valence-electron chi connectivity index (χ4n) is 0.372. The van der Waals surface area contributed by atoms with Crippen molar-refractivity contribution in [3.8, 4) is 0 Å². The van der Waals surface area contributed by atoms with E-state index in [0.717, 1.165) is 6.04 Å². The first kappa shape index (κ1) is 12.3. The summed E-state index contributed by atoms with van der Waals surface area (Å²) in [5, 5.41) is 0. The molecule has 0 N–H and O–H groups in total. The van der Waals surface area contributed by atoms with Crippen molar-refractivity contribution in [1.29, 1.82) is 0 Å². The monoisotopic (exact) mass is 168 g/mol. The minimum Gasteiger partial charge on any atom is -0.398 e. The van der Waals surface area contributed by atoms with Crippen molar-refractivity contribution in [2.75, 3.05) is 14.2 Å². The third-order valence-electron chi connectivity index (χ3n) is 1.51. The van der Waals surface area contributed by atoms with Crippen LogP contribution in [0.3, 0.4) is 0 Å². The summed E-state index contributed by atoms with van der Waals surface area (Å²) in [4.78, 5) is 0. The molecule has 58 valence electrons. The molecule has 1 unspecified atom stereocenters. The van der Waals surface area contributed by atoms with Crippen LogP contribution >= 0.6 is 9.90 Å². The van der Waals surface area contributed by atoms with Gasteiger partial charge in [-0.2, -0.15) is 9.90 Å². The lowest BCUT2D eigenvalue weighted by atomic mass is 11.0. The van der Waals surface area contributed by atoms with Gasteiger partial charge < -0.3 is 8.85 Å². The molecule has 0 spiro atoms. The lowest BCUT2D eigenvalue weighted by Gasteiger charge is -2.19. The fraction of sp³-hybridized carbons (Fsp3) is 1.00. The summed E-state index contributed by atoms with van der Waals surface area (Å²) >= 11 is 0.